The maximum absolute atomic E-state index is 9.02. The highest BCUT2D eigenvalue weighted by Crippen LogP contribution is 2.48. The summed E-state index contributed by atoms with van der Waals surface area (Å²) in [6, 6.07) is 0.557. The standard InChI is InChI=1S/C13H27NO2/c1-5-13(6-2)11(7-12(13)16-4)14-8-10(3)9-15/h10-12,14-15H,5-9H2,1-4H3. The number of aliphatic hydroxyl groups is 1. The van der Waals surface area contributed by atoms with Gasteiger partial charge in [0, 0.05) is 31.7 Å². The number of hydrogen-bond acceptors (Lipinski definition) is 3. The summed E-state index contributed by atoms with van der Waals surface area (Å²) < 4.78 is 5.56. The van der Waals surface area contributed by atoms with Gasteiger partial charge < -0.3 is 15.2 Å². The van der Waals surface area contributed by atoms with Gasteiger partial charge in [-0.1, -0.05) is 20.8 Å². The molecule has 1 rings (SSSR count). The predicted molar refractivity (Wildman–Crippen MR) is 66.5 cm³/mol. The molecule has 2 N–H and O–H groups in total. The molecule has 3 heteroatoms. The predicted octanol–water partition coefficient (Wildman–Crippen LogP) is 1.80. The van der Waals surface area contributed by atoms with Crippen LogP contribution in [0, 0.1) is 11.3 Å². The summed E-state index contributed by atoms with van der Waals surface area (Å²) in [4.78, 5) is 0. The quantitative estimate of drug-likeness (QED) is 0.699. The zero-order valence-electron chi connectivity index (χ0n) is 11.1. The molecule has 3 unspecified atom stereocenters. The molecule has 16 heavy (non-hydrogen) atoms. The van der Waals surface area contributed by atoms with Crippen molar-refractivity contribution in [2.75, 3.05) is 20.3 Å². The largest absolute Gasteiger partial charge is 0.396 e. The summed E-state index contributed by atoms with van der Waals surface area (Å²) in [6.45, 7) is 7.73. The molecular weight excluding hydrogens is 202 g/mol. The Labute approximate surface area is 99.6 Å². The second-order valence-electron chi connectivity index (χ2n) is 5.15. The second-order valence-corrected chi connectivity index (χ2v) is 5.15. The number of hydrogen-bond donors (Lipinski definition) is 2. The van der Waals surface area contributed by atoms with Gasteiger partial charge in [0.05, 0.1) is 6.10 Å². The minimum atomic E-state index is 0.263. The van der Waals surface area contributed by atoms with E-state index in [0.717, 1.165) is 25.8 Å². The Balaban J connectivity index is 2.49. The lowest BCUT2D eigenvalue weighted by Gasteiger charge is -2.55. The summed E-state index contributed by atoms with van der Waals surface area (Å²) in [5, 5.41) is 12.6. The molecule has 0 saturated heterocycles. The van der Waals surface area contributed by atoms with Crippen LogP contribution in [-0.4, -0.2) is 37.5 Å². The van der Waals surface area contributed by atoms with Crippen LogP contribution < -0.4 is 5.32 Å². The molecule has 0 aromatic carbocycles. The van der Waals surface area contributed by atoms with Crippen molar-refractivity contribution in [3.05, 3.63) is 0 Å². The summed E-state index contributed by atoms with van der Waals surface area (Å²) in [6.07, 6.45) is 3.83. The van der Waals surface area contributed by atoms with Gasteiger partial charge in [-0.15, -0.1) is 0 Å². The third-order valence-corrected chi connectivity index (χ3v) is 4.41. The van der Waals surface area contributed by atoms with Gasteiger partial charge in [-0.05, 0) is 25.2 Å². The summed E-state index contributed by atoms with van der Waals surface area (Å²) in [7, 11) is 1.82. The van der Waals surface area contributed by atoms with E-state index in [4.69, 9.17) is 9.84 Å². The van der Waals surface area contributed by atoms with Crippen molar-refractivity contribution < 1.29 is 9.84 Å². The van der Waals surface area contributed by atoms with Crippen LogP contribution in [0.15, 0.2) is 0 Å². The highest BCUT2D eigenvalue weighted by Gasteiger charge is 2.52. The van der Waals surface area contributed by atoms with Crippen molar-refractivity contribution in [2.24, 2.45) is 11.3 Å². The van der Waals surface area contributed by atoms with E-state index >= 15 is 0 Å². The van der Waals surface area contributed by atoms with E-state index in [2.05, 4.69) is 26.1 Å². The number of aliphatic hydroxyl groups excluding tert-OH is 1. The van der Waals surface area contributed by atoms with Crippen LogP contribution in [0.4, 0.5) is 0 Å². The van der Waals surface area contributed by atoms with Crippen molar-refractivity contribution in [1.29, 1.82) is 0 Å². The van der Waals surface area contributed by atoms with Crippen molar-refractivity contribution >= 4 is 0 Å². The third-order valence-electron chi connectivity index (χ3n) is 4.41. The number of ether oxygens (including phenoxy) is 1. The maximum Gasteiger partial charge on any atom is 0.0657 e. The van der Waals surface area contributed by atoms with E-state index in [-0.39, 0.29) is 6.61 Å². The minimum Gasteiger partial charge on any atom is -0.396 e. The first-order valence-corrected chi connectivity index (χ1v) is 6.51. The van der Waals surface area contributed by atoms with Gasteiger partial charge in [0.25, 0.3) is 0 Å². The molecule has 0 bridgehead atoms. The molecule has 0 spiro atoms. The highest BCUT2D eigenvalue weighted by molar-refractivity contribution is 5.06. The zero-order valence-corrected chi connectivity index (χ0v) is 11.1. The molecule has 1 fully saturated rings. The minimum absolute atomic E-state index is 0.263. The van der Waals surface area contributed by atoms with Gasteiger partial charge in [0.2, 0.25) is 0 Å². The van der Waals surface area contributed by atoms with Crippen LogP contribution in [-0.2, 0) is 4.74 Å². The molecule has 0 amide bonds. The van der Waals surface area contributed by atoms with Gasteiger partial charge in [-0.25, -0.2) is 0 Å². The topological polar surface area (TPSA) is 41.5 Å². The van der Waals surface area contributed by atoms with E-state index < -0.39 is 0 Å². The maximum atomic E-state index is 9.02. The molecule has 0 heterocycles. The lowest BCUT2D eigenvalue weighted by atomic mass is 9.58. The van der Waals surface area contributed by atoms with Crippen LogP contribution >= 0.6 is 0 Å². The fourth-order valence-electron chi connectivity index (χ4n) is 2.97. The molecule has 0 aromatic rings. The molecule has 0 radical (unpaired) electrons. The summed E-state index contributed by atoms with van der Waals surface area (Å²) in [5.41, 5.74) is 0.309. The average Bonchev–Trinajstić information content (AvgIpc) is 2.29. The molecule has 96 valence electrons. The molecular formula is C13H27NO2. The van der Waals surface area contributed by atoms with Crippen molar-refractivity contribution in [1.82, 2.24) is 5.32 Å². The van der Waals surface area contributed by atoms with Gasteiger partial charge in [0.1, 0.15) is 0 Å². The average molecular weight is 229 g/mol. The van der Waals surface area contributed by atoms with E-state index in [1.807, 2.05) is 7.11 Å². The summed E-state index contributed by atoms with van der Waals surface area (Å²) in [5.74, 6) is 0.341. The van der Waals surface area contributed by atoms with Crippen LogP contribution in [0.5, 0.6) is 0 Å². The molecule has 1 aliphatic carbocycles. The van der Waals surface area contributed by atoms with Crippen LogP contribution in [0.3, 0.4) is 0 Å². The van der Waals surface area contributed by atoms with Crippen molar-refractivity contribution in [3.63, 3.8) is 0 Å². The fraction of sp³-hybridized carbons (Fsp3) is 1.00. The molecule has 3 nitrogen and oxygen atoms in total. The number of methoxy groups -OCH3 is 1. The normalized spacial score (nSPS) is 29.8. The van der Waals surface area contributed by atoms with Crippen molar-refractivity contribution in [3.8, 4) is 0 Å². The van der Waals surface area contributed by atoms with Crippen LogP contribution in [0.25, 0.3) is 0 Å². The second kappa shape index (κ2) is 5.99. The molecule has 1 saturated carbocycles. The first-order valence-electron chi connectivity index (χ1n) is 6.51. The SMILES string of the molecule is CCC1(CC)C(NCC(C)CO)CC1OC. The zero-order chi connectivity index (χ0) is 12.2. The van der Waals surface area contributed by atoms with Gasteiger partial charge in [-0.3, -0.25) is 0 Å². The van der Waals surface area contributed by atoms with Crippen LogP contribution in [0.1, 0.15) is 40.0 Å². The lowest BCUT2D eigenvalue weighted by Crippen LogP contribution is -2.63. The molecule has 0 aliphatic heterocycles. The molecule has 0 aromatic heterocycles. The van der Waals surface area contributed by atoms with E-state index in [0.29, 0.717) is 23.5 Å². The molecule has 3 atom stereocenters. The molecule has 1 aliphatic rings. The van der Waals surface area contributed by atoms with E-state index in [1.165, 1.54) is 0 Å². The third kappa shape index (κ3) is 2.41. The van der Waals surface area contributed by atoms with Gasteiger partial charge in [0.15, 0.2) is 0 Å². The Morgan fingerprint density at radius 2 is 2.06 bits per heavy atom. The highest BCUT2D eigenvalue weighted by atomic mass is 16.5. The lowest BCUT2D eigenvalue weighted by molar-refractivity contribution is -0.124. The Morgan fingerprint density at radius 1 is 1.44 bits per heavy atom. The van der Waals surface area contributed by atoms with E-state index in [9.17, 15) is 0 Å². The van der Waals surface area contributed by atoms with Gasteiger partial charge in [-0.2, -0.15) is 0 Å². The monoisotopic (exact) mass is 229 g/mol. The number of nitrogens with one attached hydrogen (secondary N) is 1. The van der Waals surface area contributed by atoms with E-state index in [1.54, 1.807) is 0 Å². The Bertz CT molecular complexity index is 204. The van der Waals surface area contributed by atoms with Crippen molar-refractivity contribution in [2.45, 2.75) is 52.2 Å². The first-order chi connectivity index (χ1) is 7.64. The Hall–Kier alpha value is -0.120. The first kappa shape index (κ1) is 13.9. The Kier molecular flexibility index (Phi) is 5.22. The summed E-state index contributed by atoms with van der Waals surface area (Å²) >= 11 is 0. The smallest absolute Gasteiger partial charge is 0.0657 e. The fourth-order valence-corrected chi connectivity index (χ4v) is 2.97. The van der Waals surface area contributed by atoms with Gasteiger partial charge >= 0.3 is 0 Å². The van der Waals surface area contributed by atoms with Crippen LogP contribution in [0.2, 0.25) is 0 Å². The number of rotatable bonds is 7. The Morgan fingerprint density at radius 3 is 2.50 bits per heavy atom.